The second-order valence-electron chi connectivity index (χ2n) is 5.07. The Bertz CT molecular complexity index is 658. The first kappa shape index (κ1) is 14.8. The van der Waals surface area contributed by atoms with Gasteiger partial charge < -0.3 is 4.74 Å². The number of non-ortho nitro benzene ring substituents is 1. The average molecular weight is 283 g/mol. The van der Waals surface area contributed by atoms with Crippen molar-refractivity contribution in [2.45, 2.75) is 20.8 Å². The molecule has 2 aromatic rings. The number of hydrogen-bond donors (Lipinski definition) is 0. The standard InChI is InChI=1S/C17H17NO3/c1-11(2)14-5-7-16(12(3)9-14)21-17-8-6-15(18(19)20)10-13(17)4/h5-10H,1H2,2-4H3. The third kappa shape index (κ3) is 3.28. The lowest BCUT2D eigenvalue weighted by atomic mass is 10.1. The summed E-state index contributed by atoms with van der Waals surface area (Å²) in [6.45, 7) is 9.62. The zero-order valence-electron chi connectivity index (χ0n) is 12.3. The van der Waals surface area contributed by atoms with Gasteiger partial charge in [0, 0.05) is 12.1 Å². The Balaban J connectivity index is 2.30. The minimum absolute atomic E-state index is 0.0641. The third-order valence-corrected chi connectivity index (χ3v) is 3.26. The Morgan fingerprint density at radius 1 is 1.10 bits per heavy atom. The Morgan fingerprint density at radius 2 is 1.67 bits per heavy atom. The lowest BCUT2D eigenvalue weighted by Crippen LogP contribution is -1.93. The van der Waals surface area contributed by atoms with Crippen LogP contribution in [0.2, 0.25) is 0 Å². The van der Waals surface area contributed by atoms with Crippen molar-refractivity contribution in [1.82, 2.24) is 0 Å². The van der Waals surface area contributed by atoms with Gasteiger partial charge in [-0.3, -0.25) is 10.1 Å². The summed E-state index contributed by atoms with van der Waals surface area (Å²) in [5.74, 6) is 1.35. The Morgan fingerprint density at radius 3 is 2.14 bits per heavy atom. The van der Waals surface area contributed by atoms with E-state index >= 15 is 0 Å². The van der Waals surface area contributed by atoms with Crippen molar-refractivity contribution in [3.05, 3.63) is 69.8 Å². The molecule has 0 N–H and O–H groups in total. The molecule has 0 aliphatic heterocycles. The number of aryl methyl sites for hydroxylation is 2. The monoisotopic (exact) mass is 283 g/mol. The summed E-state index contributed by atoms with van der Waals surface area (Å²) in [6, 6.07) is 10.4. The summed E-state index contributed by atoms with van der Waals surface area (Å²) in [5, 5.41) is 10.7. The molecule has 2 aromatic carbocycles. The fraction of sp³-hybridized carbons (Fsp3) is 0.176. The summed E-state index contributed by atoms with van der Waals surface area (Å²) in [4.78, 5) is 10.3. The zero-order valence-corrected chi connectivity index (χ0v) is 12.3. The fourth-order valence-electron chi connectivity index (χ4n) is 2.01. The van der Waals surface area contributed by atoms with E-state index in [9.17, 15) is 10.1 Å². The molecule has 0 aliphatic carbocycles. The molecule has 0 atom stereocenters. The van der Waals surface area contributed by atoms with E-state index in [4.69, 9.17) is 4.74 Å². The van der Waals surface area contributed by atoms with Gasteiger partial charge in [-0.15, -0.1) is 0 Å². The molecular weight excluding hydrogens is 266 g/mol. The molecule has 0 fully saturated rings. The molecule has 0 spiro atoms. The van der Waals surface area contributed by atoms with Crippen LogP contribution in [-0.2, 0) is 0 Å². The fourth-order valence-corrected chi connectivity index (χ4v) is 2.01. The SMILES string of the molecule is C=C(C)c1ccc(Oc2ccc([N+](=O)[O-])cc2C)c(C)c1. The van der Waals surface area contributed by atoms with Gasteiger partial charge in [0.05, 0.1) is 4.92 Å². The first-order valence-corrected chi connectivity index (χ1v) is 6.58. The largest absolute Gasteiger partial charge is 0.457 e. The van der Waals surface area contributed by atoms with Crippen LogP contribution >= 0.6 is 0 Å². The van der Waals surface area contributed by atoms with Gasteiger partial charge in [0.2, 0.25) is 0 Å². The van der Waals surface area contributed by atoms with Gasteiger partial charge in [-0.2, -0.15) is 0 Å². The number of hydrogen-bond acceptors (Lipinski definition) is 3. The van der Waals surface area contributed by atoms with Crippen LogP contribution in [0.5, 0.6) is 11.5 Å². The highest BCUT2D eigenvalue weighted by molar-refractivity contribution is 5.63. The second-order valence-corrected chi connectivity index (χ2v) is 5.07. The Kier molecular flexibility index (Phi) is 4.08. The molecule has 0 radical (unpaired) electrons. The molecule has 21 heavy (non-hydrogen) atoms. The third-order valence-electron chi connectivity index (χ3n) is 3.26. The van der Waals surface area contributed by atoms with Gasteiger partial charge in [-0.1, -0.05) is 18.2 Å². The second kappa shape index (κ2) is 5.79. The van der Waals surface area contributed by atoms with E-state index in [2.05, 4.69) is 6.58 Å². The van der Waals surface area contributed by atoms with Crippen LogP contribution in [0.3, 0.4) is 0 Å². The van der Waals surface area contributed by atoms with E-state index in [0.717, 1.165) is 28.0 Å². The van der Waals surface area contributed by atoms with E-state index < -0.39 is 4.92 Å². The number of allylic oxidation sites excluding steroid dienone is 1. The molecular formula is C17H17NO3. The van der Waals surface area contributed by atoms with Crippen LogP contribution < -0.4 is 4.74 Å². The van der Waals surface area contributed by atoms with Gasteiger partial charge in [0.1, 0.15) is 11.5 Å². The van der Waals surface area contributed by atoms with Gasteiger partial charge in [0.15, 0.2) is 0 Å². The smallest absolute Gasteiger partial charge is 0.269 e. The Hall–Kier alpha value is -2.62. The van der Waals surface area contributed by atoms with Crippen LogP contribution in [-0.4, -0.2) is 4.92 Å². The number of rotatable bonds is 4. The van der Waals surface area contributed by atoms with Gasteiger partial charge >= 0.3 is 0 Å². The maximum atomic E-state index is 10.7. The maximum absolute atomic E-state index is 10.7. The summed E-state index contributed by atoms with van der Waals surface area (Å²) < 4.78 is 5.86. The maximum Gasteiger partial charge on any atom is 0.269 e. The van der Waals surface area contributed by atoms with Crippen molar-refractivity contribution in [2.75, 3.05) is 0 Å². The summed E-state index contributed by atoms with van der Waals surface area (Å²) in [6.07, 6.45) is 0. The Labute approximate surface area is 123 Å². The van der Waals surface area contributed by atoms with Gasteiger partial charge in [-0.05, 0) is 55.7 Å². The minimum Gasteiger partial charge on any atom is -0.457 e. The molecule has 4 nitrogen and oxygen atoms in total. The summed E-state index contributed by atoms with van der Waals surface area (Å²) >= 11 is 0. The highest BCUT2D eigenvalue weighted by atomic mass is 16.6. The highest BCUT2D eigenvalue weighted by Crippen LogP contribution is 2.31. The van der Waals surface area contributed by atoms with Gasteiger partial charge in [0.25, 0.3) is 5.69 Å². The quantitative estimate of drug-likeness (QED) is 0.583. The molecule has 0 aliphatic rings. The van der Waals surface area contributed by atoms with Crippen molar-refractivity contribution in [2.24, 2.45) is 0 Å². The topological polar surface area (TPSA) is 52.4 Å². The van der Waals surface area contributed by atoms with Crippen molar-refractivity contribution < 1.29 is 9.66 Å². The minimum atomic E-state index is -0.413. The first-order chi connectivity index (χ1) is 9.88. The predicted octanol–water partition coefficient (Wildman–Crippen LogP) is 5.04. The molecule has 108 valence electrons. The molecule has 4 heteroatoms. The number of ether oxygens (including phenoxy) is 1. The van der Waals surface area contributed by atoms with Crippen LogP contribution in [0.1, 0.15) is 23.6 Å². The molecule has 0 heterocycles. The van der Waals surface area contributed by atoms with Gasteiger partial charge in [-0.25, -0.2) is 0 Å². The molecule has 0 unspecified atom stereocenters. The first-order valence-electron chi connectivity index (χ1n) is 6.58. The van der Waals surface area contributed by atoms with Crippen LogP contribution in [0, 0.1) is 24.0 Å². The number of nitrogens with zero attached hydrogens (tertiary/aromatic N) is 1. The molecule has 0 saturated heterocycles. The van der Waals surface area contributed by atoms with Crippen molar-refractivity contribution >= 4 is 11.3 Å². The number of benzene rings is 2. The highest BCUT2D eigenvalue weighted by Gasteiger charge is 2.10. The summed E-state index contributed by atoms with van der Waals surface area (Å²) in [5.41, 5.74) is 3.85. The zero-order chi connectivity index (χ0) is 15.6. The van der Waals surface area contributed by atoms with Crippen molar-refractivity contribution in [1.29, 1.82) is 0 Å². The van der Waals surface area contributed by atoms with E-state index in [-0.39, 0.29) is 5.69 Å². The molecule has 2 rings (SSSR count). The van der Waals surface area contributed by atoms with E-state index in [1.807, 2.05) is 32.0 Å². The summed E-state index contributed by atoms with van der Waals surface area (Å²) in [7, 11) is 0. The van der Waals surface area contributed by atoms with Crippen molar-refractivity contribution in [3.63, 3.8) is 0 Å². The molecule has 0 bridgehead atoms. The molecule has 0 amide bonds. The van der Waals surface area contributed by atoms with Crippen LogP contribution in [0.15, 0.2) is 43.0 Å². The predicted molar refractivity (Wildman–Crippen MR) is 83.8 cm³/mol. The average Bonchev–Trinajstić information content (AvgIpc) is 2.42. The lowest BCUT2D eigenvalue weighted by Gasteiger charge is -2.12. The van der Waals surface area contributed by atoms with Crippen LogP contribution in [0.4, 0.5) is 5.69 Å². The van der Waals surface area contributed by atoms with E-state index in [1.165, 1.54) is 12.1 Å². The van der Waals surface area contributed by atoms with Crippen LogP contribution in [0.25, 0.3) is 5.57 Å². The normalized spacial score (nSPS) is 10.2. The lowest BCUT2D eigenvalue weighted by molar-refractivity contribution is -0.384. The number of nitro benzene ring substituents is 1. The molecule has 0 aromatic heterocycles. The van der Waals surface area contributed by atoms with E-state index in [0.29, 0.717) is 5.75 Å². The molecule has 0 saturated carbocycles. The van der Waals surface area contributed by atoms with Crippen molar-refractivity contribution in [3.8, 4) is 11.5 Å². The van der Waals surface area contributed by atoms with E-state index in [1.54, 1.807) is 13.0 Å². The number of nitro groups is 1.